The van der Waals surface area contributed by atoms with Gasteiger partial charge < -0.3 is 9.64 Å². The van der Waals surface area contributed by atoms with Crippen molar-refractivity contribution in [2.45, 2.75) is 25.8 Å². The maximum atomic E-state index is 13.0. The van der Waals surface area contributed by atoms with Gasteiger partial charge in [-0.15, -0.1) is 0 Å². The van der Waals surface area contributed by atoms with Crippen LogP contribution in [0.15, 0.2) is 29.0 Å². The second-order valence-electron chi connectivity index (χ2n) is 5.89. The number of fused-ring (bicyclic) bond motifs is 5. The molecule has 124 valence electrons. The molecule has 24 heavy (non-hydrogen) atoms. The smallest absolute Gasteiger partial charge is 0.358 e. The number of amides is 1. The van der Waals surface area contributed by atoms with E-state index in [2.05, 4.69) is 20.9 Å². The molecule has 1 aromatic carbocycles. The fourth-order valence-electron chi connectivity index (χ4n) is 3.56. The summed E-state index contributed by atoms with van der Waals surface area (Å²) in [5, 5.41) is 0. The summed E-state index contributed by atoms with van der Waals surface area (Å²) in [5.74, 6) is -0.446. The molecule has 0 aliphatic carbocycles. The van der Waals surface area contributed by atoms with Gasteiger partial charge in [-0.2, -0.15) is 0 Å². The van der Waals surface area contributed by atoms with Gasteiger partial charge in [-0.3, -0.25) is 9.36 Å². The average molecular weight is 390 g/mol. The maximum Gasteiger partial charge on any atom is 0.358 e. The predicted octanol–water partition coefficient (Wildman–Crippen LogP) is 3.10. The first-order valence-electron chi connectivity index (χ1n) is 7.97. The van der Waals surface area contributed by atoms with Crippen molar-refractivity contribution in [3.8, 4) is 5.69 Å². The fourth-order valence-corrected chi connectivity index (χ4v) is 3.92. The second kappa shape index (κ2) is 5.73. The third kappa shape index (κ3) is 2.18. The monoisotopic (exact) mass is 389 g/mol. The molecule has 0 spiro atoms. The van der Waals surface area contributed by atoms with Crippen molar-refractivity contribution in [2.24, 2.45) is 0 Å². The molecule has 1 aromatic heterocycles. The van der Waals surface area contributed by atoms with Crippen LogP contribution in [0.25, 0.3) is 5.69 Å². The van der Waals surface area contributed by atoms with Crippen molar-refractivity contribution in [2.75, 3.05) is 13.2 Å². The van der Waals surface area contributed by atoms with Gasteiger partial charge in [-0.05, 0) is 38.0 Å². The van der Waals surface area contributed by atoms with E-state index in [0.29, 0.717) is 24.4 Å². The zero-order valence-corrected chi connectivity index (χ0v) is 14.7. The van der Waals surface area contributed by atoms with E-state index in [1.807, 2.05) is 27.7 Å². The van der Waals surface area contributed by atoms with Crippen LogP contribution < -0.4 is 0 Å². The fraction of sp³-hybridized carbons (Fsp3) is 0.353. The molecule has 0 radical (unpaired) electrons. The van der Waals surface area contributed by atoms with Gasteiger partial charge in [0.05, 0.1) is 29.6 Å². The molecular weight excluding hydrogens is 374 g/mol. The molecule has 2 aliphatic heterocycles. The third-order valence-electron chi connectivity index (χ3n) is 4.55. The molecule has 0 N–H and O–H groups in total. The van der Waals surface area contributed by atoms with Crippen molar-refractivity contribution in [1.29, 1.82) is 0 Å². The summed E-state index contributed by atoms with van der Waals surface area (Å²) in [6.45, 7) is 2.75. The Bertz CT molecular complexity index is 846. The number of hydrogen-bond acceptors (Lipinski definition) is 4. The van der Waals surface area contributed by atoms with Crippen LogP contribution in [-0.2, 0) is 4.74 Å². The summed E-state index contributed by atoms with van der Waals surface area (Å²) < 4.78 is 7.86. The summed E-state index contributed by atoms with van der Waals surface area (Å²) in [4.78, 5) is 31.5. The number of esters is 1. The van der Waals surface area contributed by atoms with Crippen LogP contribution in [0.3, 0.4) is 0 Å². The summed E-state index contributed by atoms with van der Waals surface area (Å²) in [6, 6.07) is 5.44. The Morgan fingerprint density at radius 2 is 2.29 bits per heavy atom. The van der Waals surface area contributed by atoms with Crippen LogP contribution in [0, 0.1) is 0 Å². The van der Waals surface area contributed by atoms with Crippen molar-refractivity contribution < 1.29 is 14.3 Å². The van der Waals surface area contributed by atoms with Crippen molar-refractivity contribution in [1.82, 2.24) is 14.5 Å². The zero-order valence-electron chi connectivity index (χ0n) is 13.2. The van der Waals surface area contributed by atoms with Gasteiger partial charge in [-0.25, -0.2) is 9.78 Å². The molecule has 4 rings (SSSR count). The SMILES string of the molecule is CCOC(=O)c1ncn2c1[C@H]1CCCN1C(=O)c1cc(Br)ccc1-2. The number of halogens is 1. The van der Waals surface area contributed by atoms with Crippen LogP contribution in [0.5, 0.6) is 0 Å². The van der Waals surface area contributed by atoms with E-state index in [1.54, 1.807) is 13.3 Å². The highest BCUT2D eigenvalue weighted by Gasteiger charge is 2.40. The molecule has 1 saturated heterocycles. The van der Waals surface area contributed by atoms with E-state index >= 15 is 0 Å². The molecule has 0 bridgehead atoms. The van der Waals surface area contributed by atoms with E-state index in [9.17, 15) is 9.59 Å². The van der Waals surface area contributed by atoms with Gasteiger partial charge in [-0.1, -0.05) is 15.9 Å². The normalized spacial score (nSPS) is 18.7. The number of rotatable bonds is 2. The molecule has 7 heteroatoms. The summed E-state index contributed by atoms with van der Waals surface area (Å²) >= 11 is 3.44. The first-order valence-corrected chi connectivity index (χ1v) is 8.76. The van der Waals surface area contributed by atoms with E-state index in [-0.39, 0.29) is 11.9 Å². The van der Waals surface area contributed by atoms with E-state index < -0.39 is 5.97 Å². The van der Waals surface area contributed by atoms with Crippen LogP contribution in [0.1, 0.15) is 52.3 Å². The molecule has 0 unspecified atom stereocenters. The largest absolute Gasteiger partial charge is 0.461 e. The lowest BCUT2D eigenvalue weighted by atomic mass is 10.1. The standard InChI is InChI=1S/C17H16BrN3O3/c1-2-24-17(23)14-15-13-4-3-7-20(13)16(22)11-8-10(18)5-6-12(11)21(15)9-19-14/h5-6,8-9,13H,2-4,7H2,1H3/t13-/m1/s1. The van der Waals surface area contributed by atoms with Crippen LogP contribution in [0.2, 0.25) is 0 Å². The Kier molecular flexibility index (Phi) is 3.68. The third-order valence-corrected chi connectivity index (χ3v) is 5.04. The minimum Gasteiger partial charge on any atom is -0.461 e. The molecule has 2 aliphatic rings. The Morgan fingerprint density at radius 1 is 1.46 bits per heavy atom. The van der Waals surface area contributed by atoms with Crippen LogP contribution in [-0.4, -0.2) is 39.5 Å². The highest BCUT2D eigenvalue weighted by molar-refractivity contribution is 9.10. The van der Waals surface area contributed by atoms with Crippen molar-refractivity contribution in [3.05, 3.63) is 46.0 Å². The second-order valence-corrected chi connectivity index (χ2v) is 6.80. The van der Waals surface area contributed by atoms with Crippen molar-refractivity contribution in [3.63, 3.8) is 0 Å². The van der Waals surface area contributed by atoms with Gasteiger partial charge in [0.2, 0.25) is 0 Å². The number of imidazole rings is 1. The Balaban J connectivity index is 1.96. The number of ether oxygens (including phenoxy) is 1. The quantitative estimate of drug-likeness (QED) is 0.740. The average Bonchev–Trinajstić information content (AvgIpc) is 3.18. The maximum absolute atomic E-state index is 13.0. The number of nitrogens with zero attached hydrogens (tertiary/aromatic N) is 3. The predicted molar refractivity (Wildman–Crippen MR) is 90.2 cm³/mol. The molecule has 0 saturated carbocycles. The summed E-state index contributed by atoms with van der Waals surface area (Å²) in [6.07, 6.45) is 3.34. The molecule has 1 amide bonds. The molecule has 3 heterocycles. The van der Waals surface area contributed by atoms with E-state index in [1.165, 1.54) is 0 Å². The molecule has 1 fully saturated rings. The van der Waals surface area contributed by atoms with E-state index in [4.69, 9.17) is 4.74 Å². The number of hydrogen-bond donors (Lipinski definition) is 0. The lowest BCUT2D eigenvalue weighted by Gasteiger charge is -2.22. The van der Waals surface area contributed by atoms with Gasteiger partial charge >= 0.3 is 5.97 Å². The van der Waals surface area contributed by atoms with Crippen LogP contribution in [0.4, 0.5) is 0 Å². The zero-order chi connectivity index (χ0) is 16.8. The first-order chi connectivity index (χ1) is 11.6. The summed E-state index contributed by atoms with van der Waals surface area (Å²) in [5.41, 5.74) is 2.41. The summed E-state index contributed by atoms with van der Waals surface area (Å²) in [7, 11) is 0. The highest BCUT2D eigenvalue weighted by Crippen LogP contribution is 2.40. The number of aromatic nitrogens is 2. The number of benzene rings is 1. The van der Waals surface area contributed by atoms with Gasteiger partial charge in [0, 0.05) is 11.0 Å². The first kappa shape index (κ1) is 15.4. The lowest BCUT2D eigenvalue weighted by Crippen LogP contribution is -2.30. The Hall–Kier alpha value is -2.15. The Labute approximate surface area is 147 Å². The molecule has 2 aromatic rings. The topological polar surface area (TPSA) is 64.4 Å². The van der Waals surface area contributed by atoms with Gasteiger partial charge in [0.1, 0.15) is 6.33 Å². The van der Waals surface area contributed by atoms with E-state index in [0.717, 1.165) is 28.7 Å². The lowest BCUT2D eigenvalue weighted by molar-refractivity contribution is 0.0513. The van der Waals surface area contributed by atoms with Gasteiger partial charge in [0.15, 0.2) is 5.69 Å². The van der Waals surface area contributed by atoms with Gasteiger partial charge in [0.25, 0.3) is 5.91 Å². The number of carbonyl (C=O) groups is 2. The minimum atomic E-state index is -0.439. The molecular formula is C17H16BrN3O3. The highest BCUT2D eigenvalue weighted by atomic mass is 79.9. The molecule has 6 nitrogen and oxygen atoms in total. The number of carbonyl (C=O) groups excluding carboxylic acids is 2. The minimum absolute atomic E-state index is 0.00712. The van der Waals surface area contributed by atoms with Crippen molar-refractivity contribution >= 4 is 27.8 Å². The Morgan fingerprint density at radius 3 is 3.08 bits per heavy atom. The molecule has 1 atom stereocenters. The van der Waals surface area contributed by atoms with Crippen LogP contribution >= 0.6 is 15.9 Å².